The van der Waals surface area contributed by atoms with Crippen LogP contribution in [0.15, 0.2) is 48.0 Å². The number of unbranched alkanes of at least 4 members (excludes halogenated alkanes) is 16. The van der Waals surface area contributed by atoms with Crippen LogP contribution in [0.4, 0.5) is 0 Å². The largest absolute Gasteiger partial charge is 0.336 e. The molecule has 0 saturated carbocycles. The average molecular weight is 793 g/mol. The summed E-state index contributed by atoms with van der Waals surface area (Å²) in [7, 11) is -4.19. The molecule has 2 aromatic rings. The van der Waals surface area contributed by atoms with Crippen molar-refractivity contribution in [2.45, 2.75) is 246 Å². The molecule has 3 atom stereocenters. The molecule has 0 aliphatic rings. The van der Waals surface area contributed by atoms with Gasteiger partial charge in [0.2, 0.25) is 0 Å². The fourth-order valence-electron chi connectivity index (χ4n) is 8.41. The molecule has 320 valence electrons. The standard InChI is InChI=1S/C52H89O3P/c1-12-15-18-20-22-23-24-26-28-30-33-49(45-40-42(4)34-37-47(45)51(6,7)8)55-56(53,54)50(46-41-43(5)35-38-48(46)52(9,10)11)39-36-44(31-17-14-3)32-29-27-25-21-19-16-13-2/h31,34-35,37-38,40-41,49-50H,12-30,32-33,36,39H2,1-11H3,(H,53,54)/b44-31+. The summed E-state index contributed by atoms with van der Waals surface area (Å²) in [5.74, 6) is 0. The summed E-state index contributed by atoms with van der Waals surface area (Å²) in [5.41, 5.74) is 7.28. The van der Waals surface area contributed by atoms with E-state index in [-0.39, 0.29) is 10.8 Å². The first-order valence-corrected chi connectivity index (χ1v) is 25.1. The molecular formula is C52H89O3P. The molecule has 0 aliphatic carbocycles. The lowest BCUT2D eigenvalue weighted by Gasteiger charge is -2.34. The Morgan fingerprint density at radius 2 is 1.05 bits per heavy atom. The monoisotopic (exact) mass is 793 g/mol. The highest BCUT2D eigenvalue weighted by Gasteiger charge is 2.40. The Bertz CT molecular complexity index is 1440. The molecule has 1 N–H and O–H groups in total. The lowest BCUT2D eigenvalue weighted by atomic mass is 9.81. The molecule has 2 rings (SSSR count). The Labute approximate surface area is 348 Å². The van der Waals surface area contributed by atoms with Gasteiger partial charge >= 0.3 is 7.60 Å². The van der Waals surface area contributed by atoms with Gasteiger partial charge in [-0.25, -0.2) is 0 Å². The van der Waals surface area contributed by atoms with Gasteiger partial charge in [0.25, 0.3) is 0 Å². The summed E-state index contributed by atoms with van der Waals surface area (Å²) in [5, 5.41) is 0. The fraction of sp³-hybridized carbons (Fsp3) is 0.731. The van der Waals surface area contributed by atoms with E-state index in [2.05, 4.69) is 119 Å². The second-order valence-corrected chi connectivity index (χ2v) is 21.3. The minimum Gasteiger partial charge on any atom is -0.324 e. The van der Waals surface area contributed by atoms with Crippen molar-refractivity contribution in [3.63, 3.8) is 0 Å². The van der Waals surface area contributed by atoms with E-state index >= 15 is 4.57 Å². The van der Waals surface area contributed by atoms with Crippen LogP contribution >= 0.6 is 7.60 Å². The zero-order chi connectivity index (χ0) is 41.6. The van der Waals surface area contributed by atoms with E-state index in [1.54, 1.807) is 0 Å². The van der Waals surface area contributed by atoms with Crippen LogP contribution in [-0.2, 0) is 19.9 Å². The van der Waals surface area contributed by atoms with Gasteiger partial charge in [-0.05, 0) is 85.5 Å². The van der Waals surface area contributed by atoms with Crippen LogP contribution < -0.4 is 0 Å². The summed E-state index contributed by atoms with van der Waals surface area (Å²) in [4.78, 5) is 12.6. The van der Waals surface area contributed by atoms with Crippen molar-refractivity contribution in [2.75, 3.05) is 0 Å². The predicted octanol–water partition coefficient (Wildman–Crippen LogP) is 17.8. The Morgan fingerprint density at radius 1 is 0.607 bits per heavy atom. The van der Waals surface area contributed by atoms with E-state index in [1.807, 2.05) is 0 Å². The number of rotatable bonds is 29. The molecule has 3 unspecified atom stereocenters. The SMILES string of the molecule is CCC/C=C(\CCCCCCCCC)CCC(c1cc(C)ccc1C(C)(C)C)P(=O)(O)OC(CCCCCCCCCCCC)c1cc(C)ccc1C(C)(C)C. The average Bonchev–Trinajstić information content (AvgIpc) is 3.12. The van der Waals surface area contributed by atoms with Gasteiger partial charge in [0.1, 0.15) is 0 Å². The van der Waals surface area contributed by atoms with Gasteiger partial charge in [-0.1, -0.05) is 231 Å². The maximum atomic E-state index is 15.3. The molecule has 2 aromatic carbocycles. The van der Waals surface area contributed by atoms with Crippen LogP contribution in [0.3, 0.4) is 0 Å². The van der Waals surface area contributed by atoms with Crippen molar-refractivity contribution in [3.8, 4) is 0 Å². The predicted molar refractivity (Wildman–Crippen MR) is 247 cm³/mol. The van der Waals surface area contributed by atoms with Crippen LogP contribution in [-0.4, -0.2) is 4.89 Å². The van der Waals surface area contributed by atoms with E-state index in [0.717, 1.165) is 67.2 Å². The third-order valence-electron chi connectivity index (χ3n) is 11.8. The highest BCUT2D eigenvalue weighted by Crippen LogP contribution is 2.63. The van der Waals surface area contributed by atoms with Crippen LogP contribution in [0.5, 0.6) is 0 Å². The summed E-state index contributed by atoms with van der Waals surface area (Å²) in [6.07, 6.45) is 29.1. The van der Waals surface area contributed by atoms with Gasteiger partial charge in [0, 0.05) is 0 Å². The number of hydrogen-bond acceptors (Lipinski definition) is 2. The van der Waals surface area contributed by atoms with Crippen molar-refractivity contribution in [1.82, 2.24) is 0 Å². The summed E-state index contributed by atoms with van der Waals surface area (Å²) >= 11 is 0. The zero-order valence-corrected chi connectivity index (χ0v) is 39.6. The first-order valence-electron chi connectivity index (χ1n) is 23.5. The topological polar surface area (TPSA) is 46.5 Å². The molecular weight excluding hydrogens is 704 g/mol. The maximum absolute atomic E-state index is 15.3. The van der Waals surface area contributed by atoms with Gasteiger partial charge in [0.05, 0.1) is 11.8 Å². The molecule has 0 saturated heterocycles. The van der Waals surface area contributed by atoms with E-state index in [1.165, 1.54) is 113 Å². The number of hydrogen-bond donors (Lipinski definition) is 1. The second-order valence-electron chi connectivity index (χ2n) is 19.4. The Hall–Kier alpha value is -1.67. The molecule has 0 heterocycles. The van der Waals surface area contributed by atoms with Crippen molar-refractivity contribution in [2.24, 2.45) is 0 Å². The van der Waals surface area contributed by atoms with Gasteiger partial charge < -0.3 is 9.42 Å². The second kappa shape index (κ2) is 26.4. The third kappa shape index (κ3) is 18.9. The molecule has 56 heavy (non-hydrogen) atoms. The summed E-state index contributed by atoms with van der Waals surface area (Å²) < 4.78 is 22.2. The first kappa shape index (κ1) is 50.5. The minimum atomic E-state index is -4.19. The minimum absolute atomic E-state index is 0.119. The molecule has 0 fully saturated rings. The third-order valence-corrected chi connectivity index (χ3v) is 13.7. The molecule has 4 heteroatoms. The van der Waals surface area contributed by atoms with Crippen molar-refractivity contribution in [3.05, 3.63) is 81.4 Å². The smallest absolute Gasteiger partial charge is 0.324 e. The Kier molecular flexibility index (Phi) is 23.8. The Balaban J connectivity index is 2.48. The highest BCUT2D eigenvalue weighted by molar-refractivity contribution is 7.53. The lowest BCUT2D eigenvalue weighted by Crippen LogP contribution is -2.20. The van der Waals surface area contributed by atoms with E-state index < -0.39 is 19.4 Å². The van der Waals surface area contributed by atoms with Crippen molar-refractivity contribution in [1.29, 1.82) is 0 Å². The van der Waals surface area contributed by atoms with Crippen LogP contribution in [0.25, 0.3) is 0 Å². The summed E-state index contributed by atoms with van der Waals surface area (Å²) in [6.45, 7) is 24.5. The Morgan fingerprint density at radius 3 is 1.54 bits per heavy atom. The van der Waals surface area contributed by atoms with Gasteiger partial charge in [-0.3, -0.25) is 4.57 Å². The fourth-order valence-corrected chi connectivity index (χ4v) is 10.2. The number of benzene rings is 2. The highest BCUT2D eigenvalue weighted by atomic mass is 31.2. The first-order chi connectivity index (χ1) is 26.5. The van der Waals surface area contributed by atoms with E-state index in [9.17, 15) is 4.89 Å². The van der Waals surface area contributed by atoms with E-state index in [0.29, 0.717) is 6.42 Å². The van der Waals surface area contributed by atoms with Crippen LogP contribution in [0, 0.1) is 13.8 Å². The van der Waals surface area contributed by atoms with Crippen LogP contribution in [0.2, 0.25) is 0 Å². The number of allylic oxidation sites excluding steroid dienone is 2. The molecule has 3 nitrogen and oxygen atoms in total. The molecule has 0 aromatic heterocycles. The molecule has 0 amide bonds. The zero-order valence-electron chi connectivity index (χ0n) is 38.7. The molecule has 0 aliphatic heterocycles. The number of aryl methyl sites for hydroxylation is 2. The quantitative estimate of drug-likeness (QED) is 0.0507. The summed E-state index contributed by atoms with van der Waals surface area (Å²) in [6, 6.07) is 13.2. The lowest BCUT2D eigenvalue weighted by molar-refractivity contribution is 0.155. The maximum Gasteiger partial charge on any atom is 0.336 e. The van der Waals surface area contributed by atoms with Gasteiger partial charge in [0.15, 0.2) is 0 Å². The van der Waals surface area contributed by atoms with Gasteiger partial charge in [-0.15, -0.1) is 0 Å². The van der Waals surface area contributed by atoms with Crippen LogP contribution in [0.1, 0.15) is 255 Å². The molecule has 0 radical (unpaired) electrons. The molecule has 0 spiro atoms. The van der Waals surface area contributed by atoms with Crippen molar-refractivity contribution >= 4 is 7.60 Å². The van der Waals surface area contributed by atoms with Crippen molar-refractivity contribution < 1.29 is 14.0 Å². The van der Waals surface area contributed by atoms with E-state index in [4.69, 9.17) is 4.52 Å². The molecule has 0 bridgehead atoms. The van der Waals surface area contributed by atoms with Gasteiger partial charge in [-0.2, -0.15) is 0 Å². The normalized spacial score (nSPS) is 14.9.